The fraction of sp³-hybridized carbons (Fsp3) is 0.235. The second-order valence-electron chi connectivity index (χ2n) is 5.36. The maximum Gasteiger partial charge on any atom is 0.156 e. The van der Waals surface area contributed by atoms with E-state index >= 15 is 0 Å². The number of fused-ring (bicyclic) bond motifs is 1. The Hall–Kier alpha value is -2.60. The fourth-order valence-electron chi connectivity index (χ4n) is 2.51. The van der Waals surface area contributed by atoms with Crippen molar-refractivity contribution in [1.82, 2.24) is 20.3 Å². The van der Waals surface area contributed by atoms with Gasteiger partial charge in [-0.1, -0.05) is 12.1 Å². The summed E-state index contributed by atoms with van der Waals surface area (Å²) in [6, 6.07) is 8.80. The van der Waals surface area contributed by atoms with E-state index in [-0.39, 0.29) is 11.9 Å². The topological polar surface area (TPSA) is 62.7 Å². The molecule has 0 saturated carbocycles. The van der Waals surface area contributed by atoms with Crippen LogP contribution in [0.1, 0.15) is 17.2 Å². The van der Waals surface area contributed by atoms with E-state index in [0.29, 0.717) is 17.9 Å². The molecule has 0 aliphatic heterocycles. The average Bonchev–Trinajstić information content (AvgIpc) is 2.57. The van der Waals surface area contributed by atoms with E-state index in [9.17, 15) is 4.39 Å². The van der Waals surface area contributed by atoms with E-state index in [0.717, 1.165) is 16.6 Å². The van der Waals surface area contributed by atoms with Crippen molar-refractivity contribution >= 4 is 16.9 Å². The number of anilines is 1. The predicted octanol–water partition coefficient (Wildman–Crippen LogP) is 2.84. The zero-order valence-electron chi connectivity index (χ0n) is 13.0. The molecule has 6 heteroatoms. The molecule has 3 rings (SSSR count). The third-order valence-corrected chi connectivity index (χ3v) is 3.70. The van der Waals surface area contributed by atoms with Crippen molar-refractivity contribution in [3.63, 3.8) is 0 Å². The molecule has 0 aliphatic rings. The first-order chi connectivity index (χ1) is 11.2. The minimum absolute atomic E-state index is 0.0561. The minimum Gasteiger partial charge on any atom is -0.360 e. The summed E-state index contributed by atoms with van der Waals surface area (Å²) in [5, 5.41) is 6.54. The maximum absolute atomic E-state index is 13.5. The smallest absolute Gasteiger partial charge is 0.156 e. The Balaban J connectivity index is 1.96. The molecule has 2 N–H and O–H groups in total. The molecule has 5 nitrogen and oxygen atoms in total. The van der Waals surface area contributed by atoms with Crippen molar-refractivity contribution in [1.29, 1.82) is 0 Å². The van der Waals surface area contributed by atoms with Gasteiger partial charge in [0.25, 0.3) is 0 Å². The van der Waals surface area contributed by atoms with Crippen LogP contribution in [0.4, 0.5) is 10.2 Å². The Kier molecular flexibility index (Phi) is 4.43. The van der Waals surface area contributed by atoms with Crippen LogP contribution in [0.25, 0.3) is 11.0 Å². The summed E-state index contributed by atoms with van der Waals surface area (Å²) in [6.07, 6.45) is 3.23. The third kappa shape index (κ3) is 3.27. The normalized spacial score (nSPS) is 12.3. The summed E-state index contributed by atoms with van der Waals surface area (Å²) in [5.74, 6) is 0.462. The SMILES string of the molecule is CNC[C@@H](Nc1ncnc2cccnc12)c1ccc(F)c(C)c1. The lowest BCUT2D eigenvalue weighted by molar-refractivity contribution is 0.614. The van der Waals surface area contributed by atoms with Gasteiger partial charge in [-0.2, -0.15) is 0 Å². The molecule has 118 valence electrons. The second-order valence-corrected chi connectivity index (χ2v) is 5.36. The van der Waals surface area contributed by atoms with Gasteiger partial charge in [0.2, 0.25) is 0 Å². The number of aryl methyl sites for hydroxylation is 1. The molecular formula is C17H18FN5. The van der Waals surface area contributed by atoms with Crippen molar-refractivity contribution in [2.75, 3.05) is 18.9 Å². The highest BCUT2D eigenvalue weighted by molar-refractivity contribution is 5.84. The molecule has 2 aromatic heterocycles. The van der Waals surface area contributed by atoms with Crippen molar-refractivity contribution in [2.45, 2.75) is 13.0 Å². The molecule has 0 unspecified atom stereocenters. The predicted molar refractivity (Wildman–Crippen MR) is 88.8 cm³/mol. The van der Waals surface area contributed by atoms with E-state index in [1.165, 1.54) is 12.4 Å². The zero-order valence-corrected chi connectivity index (χ0v) is 13.0. The van der Waals surface area contributed by atoms with Crippen molar-refractivity contribution in [3.8, 4) is 0 Å². The molecule has 0 bridgehead atoms. The number of nitrogens with zero attached hydrogens (tertiary/aromatic N) is 3. The third-order valence-electron chi connectivity index (χ3n) is 3.70. The summed E-state index contributed by atoms with van der Waals surface area (Å²) in [6.45, 7) is 2.43. The summed E-state index contributed by atoms with van der Waals surface area (Å²) in [5.41, 5.74) is 3.11. The van der Waals surface area contributed by atoms with Gasteiger partial charge in [0.05, 0.1) is 11.6 Å². The molecule has 0 aliphatic carbocycles. The molecular weight excluding hydrogens is 293 g/mol. The standard InChI is InChI=1S/C17H18FN5/c1-11-8-12(5-6-13(11)18)15(9-19-2)23-17-16-14(21-10-22-17)4-3-7-20-16/h3-8,10,15,19H,9H2,1-2H3,(H,21,22,23)/t15-/m1/s1. The first kappa shape index (κ1) is 15.3. The van der Waals surface area contributed by atoms with Crippen LogP contribution in [0, 0.1) is 12.7 Å². The molecule has 0 spiro atoms. The van der Waals surface area contributed by atoms with Crippen molar-refractivity contribution in [3.05, 3.63) is 59.8 Å². The second kappa shape index (κ2) is 6.66. The average molecular weight is 311 g/mol. The number of halogens is 1. The number of hydrogen-bond acceptors (Lipinski definition) is 5. The Labute approximate surface area is 134 Å². The van der Waals surface area contributed by atoms with Crippen LogP contribution in [0.15, 0.2) is 42.9 Å². The Morgan fingerprint density at radius 1 is 1.17 bits per heavy atom. The van der Waals surface area contributed by atoms with Crippen LogP contribution < -0.4 is 10.6 Å². The van der Waals surface area contributed by atoms with Gasteiger partial charge in [-0.05, 0) is 43.3 Å². The fourth-order valence-corrected chi connectivity index (χ4v) is 2.51. The van der Waals surface area contributed by atoms with Crippen LogP contribution in [0.5, 0.6) is 0 Å². The molecule has 1 aromatic carbocycles. The van der Waals surface area contributed by atoms with Gasteiger partial charge in [0, 0.05) is 12.7 Å². The van der Waals surface area contributed by atoms with Gasteiger partial charge in [0.15, 0.2) is 5.82 Å². The summed E-state index contributed by atoms with van der Waals surface area (Å²) in [7, 11) is 1.88. The lowest BCUT2D eigenvalue weighted by Gasteiger charge is -2.20. The van der Waals surface area contributed by atoms with Crippen LogP contribution >= 0.6 is 0 Å². The van der Waals surface area contributed by atoms with Crippen LogP contribution in [-0.4, -0.2) is 28.5 Å². The lowest BCUT2D eigenvalue weighted by Crippen LogP contribution is -2.24. The first-order valence-corrected chi connectivity index (χ1v) is 7.42. The van der Waals surface area contributed by atoms with Crippen molar-refractivity contribution < 1.29 is 4.39 Å². The quantitative estimate of drug-likeness (QED) is 0.758. The molecule has 0 fully saturated rings. The van der Waals surface area contributed by atoms with E-state index < -0.39 is 0 Å². The minimum atomic E-state index is -0.203. The molecule has 3 aromatic rings. The van der Waals surface area contributed by atoms with E-state index in [1.54, 1.807) is 19.2 Å². The van der Waals surface area contributed by atoms with Crippen LogP contribution in [0.2, 0.25) is 0 Å². The number of rotatable bonds is 5. The van der Waals surface area contributed by atoms with E-state index in [4.69, 9.17) is 0 Å². The van der Waals surface area contributed by atoms with E-state index in [1.807, 2.05) is 25.2 Å². The molecule has 23 heavy (non-hydrogen) atoms. The highest BCUT2D eigenvalue weighted by Crippen LogP contribution is 2.23. The number of nitrogens with one attached hydrogen (secondary N) is 2. The number of likely N-dealkylation sites (N-methyl/N-ethyl adjacent to an activating group) is 1. The monoisotopic (exact) mass is 311 g/mol. The number of hydrogen-bond donors (Lipinski definition) is 2. The van der Waals surface area contributed by atoms with Gasteiger partial charge < -0.3 is 10.6 Å². The Bertz CT molecular complexity index is 816. The highest BCUT2D eigenvalue weighted by Gasteiger charge is 2.15. The Morgan fingerprint density at radius 2 is 2.04 bits per heavy atom. The number of aromatic nitrogens is 3. The summed E-state index contributed by atoms with van der Waals surface area (Å²) >= 11 is 0. The molecule has 0 radical (unpaired) electrons. The highest BCUT2D eigenvalue weighted by atomic mass is 19.1. The number of benzene rings is 1. The van der Waals surface area contributed by atoms with Gasteiger partial charge in [-0.3, -0.25) is 4.98 Å². The Morgan fingerprint density at radius 3 is 2.83 bits per heavy atom. The molecule has 1 atom stereocenters. The van der Waals surface area contributed by atoms with Crippen LogP contribution in [0.3, 0.4) is 0 Å². The lowest BCUT2D eigenvalue weighted by atomic mass is 10.0. The number of pyridine rings is 1. The summed E-state index contributed by atoms with van der Waals surface area (Å²) in [4.78, 5) is 12.9. The largest absolute Gasteiger partial charge is 0.360 e. The van der Waals surface area contributed by atoms with Crippen LogP contribution in [-0.2, 0) is 0 Å². The van der Waals surface area contributed by atoms with Gasteiger partial charge in [-0.25, -0.2) is 14.4 Å². The van der Waals surface area contributed by atoms with E-state index in [2.05, 4.69) is 25.6 Å². The first-order valence-electron chi connectivity index (χ1n) is 7.42. The maximum atomic E-state index is 13.5. The molecule has 2 heterocycles. The van der Waals surface area contributed by atoms with Crippen molar-refractivity contribution in [2.24, 2.45) is 0 Å². The molecule has 0 saturated heterocycles. The summed E-state index contributed by atoms with van der Waals surface area (Å²) < 4.78 is 13.5. The van der Waals surface area contributed by atoms with Gasteiger partial charge in [-0.15, -0.1) is 0 Å². The zero-order chi connectivity index (χ0) is 16.2. The van der Waals surface area contributed by atoms with Gasteiger partial charge >= 0.3 is 0 Å². The molecule has 0 amide bonds. The van der Waals surface area contributed by atoms with Gasteiger partial charge in [0.1, 0.15) is 17.7 Å².